The number of fused-ring (bicyclic) bond motifs is 1. The molecule has 0 N–H and O–H groups in total. The smallest absolute Gasteiger partial charge is 0.212 e. The molecule has 12 heavy (non-hydrogen) atoms. The lowest BCUT2D eigenvalue weighted by Gasteiger charge is -1.99. The Kier molecular flexibility index (Phi) is 1.90. The zero-order valence-electron chi connectivity index (χ0n) is 7.27. The van der Waals surface area contributed by atoms with Gasteiger partial charge in [-0.2, -0.15) is 4.58 Å². The van der Waals surface area contributed by atoms with Crippen molar-refractivity contribution in [2.75, 3.05) is 0 Å². The fraction of sp³-hybridized carbons (Fsp3) is 0.400. The van der Waals surface area contributed by atoms with Gasteiger partial charge >= 0.3 is 0 Å². The Labute approximate surface area is 72.6 Å². The molecule has 2 heteroatoms. The van der Waals surface area contributed by atoms with Crippen LogP contribution >= 0.6 is 0 Å². The van der Waals surface area contributed by atoms with Crippen LogP contribution in [0.1, 0.15) is 19.8 Å². The van der Waals surface area contributed by atoms with Gasteiger partial charge < -0.3 is 0 Å². The van der Waals surface area contributed by atoms with Crippen LogP contribution in [0.15, 0.2) is 29.4 Å². The van der Waals surface area contributed by atoms with Crippen molar-refractivity contribution in [1.29, 1.82) is 0 Å². The second-order valence-electron chi connectivity index (χ2n) is 3.09. The predicted molar refractivity (Wildman–Crippen MR) is 50.7 cm³/mol. The van der Waals surface area contributed by atoms with E-state index in [1.807, 2.05) is 12.2 Å². The van der Waals surface area contributed by atoms with Gasteiger partial charge in [-0.1, -0.05) is 19.4 Å². The molecule has 0 saturated carbocycles. The molecule has 2 aliphatic heterocycles. The summed E-state index contributed by atoms with van der Waals surface area (Å²) >= 11 is 0. The zero-order valence-corrected chi connectivity index (χ0v) is 7.27. The van der Waals surface area contributed by atoms with Crippen LogP contribution in [0, 0.1) is 0 Å². The van der Waals surface area contributed by atoms with Crippen molar-refractivity contribution in [1.82, 2.24) is 0 Å². The van der Waals surface area contributed by atoms with E-state index < -0.39 is 0 Å². The third-order valence-corrected chi connectivity index (χ3v) is 2.06. The van der Waals surface area contributed by atoms with E-state index in [2.05, 4.69) is 35.0 Å². The molecule has 2 aliphatic rings. The van der Waals surface area contributed by atoms with Crippen LogP contribution in [0.4, 0.5) is 0 Å². The molecule has 0 bridgehead atoms. The van der Waals surface area contributed by atoms with Gasteiger partial charge in [-0.25, -0.2) is 4.99 Å². The van der Waals surface area contributed by atoms with Gasteiger partial charge in [0.2, 0.25) is 0 Å². The Morgan fingerprint density at radius 2 is 2.42 bits per heavy atom. The van der Waals surface area contributed by atoms with Crippen LogP contribution in [0.2, 0.25) is 0 Å². The van der Waals surface area contributed by atoms with Crippen LogP contribution in [-0.2, 0) is 0 Å². The van der Waals surface area contributed by atoms with E-state index in [0.29, 0.717) is 0 Å². The fourth-order valence-electron chi connectivity index (χ4n) is 1.49. The van der Waals surface area contributed by atoms with Gasteiger partial charge in [-0.05, 0) is 6.42 Å². The van der Waals surface area contributed by atoms with Crippen molar-refractivity contribution in [3.05, 3.63) is 24.4 Å². The first-order valence-electron chi connectivity index (χ1n) is 4.44. The normalized spacial score (nSPS) is 25.2. The molecule has 0 saturated heterocycles. The number of hydrogen-bond donors (Lipinski definition) is 0. The first-order valence-corrected chi connectivity index (χ1v) is 4.44. The molecule has 2 heterocycles. The highest BCUT2D eigenvalue weighted by Crippen LogP contribution is 2.10. The van der Waals surface area contributed by atoms with Gasteiger partial charge in [0.05, 0.1) is 0 Å². The molecule has 0 aliphatic carbocycles. The number of nitrogens with zero attached hydrogens (tertiary/aromatic N) is 2. The fourth-order valence-corrected chi connectivity index (χ4v) is 1.49. The van der Waals surface area contributed by atoms with Crippen molar-refractivity contribution in [2.45, 2.75) is 25.9 Å². The van der Waals surface area contributed by atoms with E-state index in [0.717, 1.165) is 6.42 Å². The SMILES string of the molecule is CCCC1=NC2C=CC=C[N+]2=C1. The zero-order chi connectivity index (χ0) is 8.39. The van der Waals surface area contributed by atoms with E-state index >= 15 is 0 Å². The van der Waals surface area contributed by atoms with E-state index in [-0.39, 0.29) is 6.17 Å². The van der Waals surface area contributed by atoms with Gasteiger partial charge in [-0.3, -0.25) is 0 Å². The van der Waals surface area contributed by atoms with Crippen LogP contribution < -0.4 is 0 Å². The minimum Gasteiger partial charge on any atom is -0.212 e. The summed E-state index contributed by atoms with van der Waals surface area (Å²) in [6.45, 7) is 2.18. The van der Waals surface area contributed by atoms with Crippen LogP contribution in [0.3, 0.4) is 0 Å². The lowest BCUT2D eigenvalue weighted by Crippen LogP contribution is -2.15. The molecule has 0 spiro atoms. The average Bonchev–Trinajstić information content (AvgIpc) is 2.47. The molecular weight excluding hydrogens is 148 g/mol. The molecule has 1 atom stereocenters. The molecular formula is C10H13N2+. The van der Waals surface area contributed by atoms with E-state index in [9.17, 15) is 0 Å². The lowest BCUT2D eigenvalue weighted by atomic mass is 10.2. The number of allylic oxidation sites excluding steroid dienone is 2. The molecule has 2 nitrogen and oxygen atoms in total. The van der Waals surface area contributed by atoms with Crippen molar-refractivity contribution >= 4 is 11.9 Å². The van der Waals surface area contributed by atoms with Crippen LogP contribution in [0.25, 0.3) is 0 Å². The second kappa shape index (κ2) is 3.05. The molecule has 0 radical (unpaired) electrons. The van der Waals surface area contributed by atoms with Crippen molar-refractivity contribution in [2.24, 2.45) is 4.99 Å². The maximum absolute atomic E-state index is 4.55. The van der Waals surface area contributed by atoms with Gasteiger partial charge in [0, 0.05) is 12.2 Å². The third kappa shape index (κ3) is 1.24. The van der Waals surface area contributed by atoms with E-state index in [1.54, 1.807) is 0 Å². The molecule has 0 aromatic heterocycles. The average molecular weight is 161 g/mol. The monoisotopic (exact) mass is 161 g/mol. The molecule has 1 unspecified atom stereocenters. The molecule has 62 valence electrons. The Morgan fingerprint density at radius 1 is 1.50 bits per heavy atom. The third-order valence-electron chi connectivity index (χ3n) is 2.06. The minimum atomic E-state index is 0.247. The van der Waals surface area contributed by atoms with Crippen LogP contribution in [-0.4, -0.2) is 22.7 Å². The Balaban J connectivity index is 2.18. The standard InChI is InChI=1S/C10H13N2/c1-2-5-9-8-12-7-4-3-6-10(12)11-9/h3-4,6-8,10H,2,5H2,1H3/q+1. The second-order valence-corrected chi connectivity index (χ2v) is 3.09. The summed E-state index contributed by atoms with van der Waals surface area (Å²) in [5.41, 5.74) is 1.22. The predicted octanol–water partition coefficient (Wildman–Crippen LogP) is 1.73. The highest BCUT2D eigenvalue weighted by Gasteiger charge is 2.23. The van der Waals surface area contributed by atoms with Gasteiger partial charge in [0.15, 0.2) is 12.4 Å². The summed E-state index contributed by atoms with van der Waals surface area (Å²) in [5, 5.41) is 0. The van der Waals surface area contributed by atoms with Crippen molar-refractivity contribution in [3.63, 3.8) is 0 Å². The quantitative estimate of drug-likeness (QED) is 0.548. The van der Waals surface area contributed by atoms with Gasteiger partial charge in [-0.15, -0.1) is 0 Å². The summed E-state index contributed by atoms with van der Waals surface area (Å²) in [4.78, 5) is 4.55. The summed E-state index contributed by atoms with van der Waals surface area (Å²) < 4.78 is 2.14. The van der Waals surface area contributed by atoms with Crippen molar-refractivity contribution < 1.29 is 4.58 Å². The molecule has 0 aromatic rings. The first kappa shape index (κ1) is 7.47. The van der Waals surface area contributed by atoms with Crippen LogP contribution in [0.5, 0.6) is 0 Å². The first-order chi connectivity index (χ1) is 5.90. The summed E-state index contributed by atoms with van der Waals surface area (Å²) in [7, 11) is 0. The highest BCUT2D eigenvalue weighted by atomic mass is 15.2. The minimum absolute atomic E-state index is 0.247. The summed E-state index contributed by atoms with van der Waals surface area (Å²) in [5.74, 6) is 0. The van der Waals surface area contributed by atoms with E-state index in [4.69, 9.17) is 0 Å². The summed E-state index contributed by atoms with van der Waals surface area (Å²) in [6, 6.07) is 0. The van der Waals surface area contributed by atoms with Gasteiger partial charge in [0.25, 0.3) is 6.17 Å². The van der Waals surface area contributed by atoms with E-state index in [1.165, 1.54) is 12.1 Å². The summed E-state index contributed by atoms with van der Waals surface area (Å²) in [6.07, 6.45) is 12.9. The molecule has 2 rings (SSSR count). The Bertz CT molecular complexity index is 295. The highest BCUT2D eigenvalue weighted by molar-refractivity contribution is 6.29. The maximum Gasteiger partial charge on any atom is 0.270 e. The number of aliphatic imine (C=N–C) groups is 1. The molecule has 0 aromatic carbocycles. The largest absolute Gasteiger partial charge is 0.270 e. The lowest BCUT2D eigenvalue weighted by molar-refractivity contribution is -0.476. The number of rotatable bonds is 2. The topological polar surface area (TPSA) is 15.4 Å². The maximum atomic E-state index is 4.55. The molecule has 0 fully saturated rings. The Hall–Kier alpha value is -1.18. The van der Waals surface area contributed by atoms with Gasteiger partial charge in [0.1, 0.15) is 5.71 Å². The van der Waals surface area contributed by atoms with Crippen molar-refractivity contribution in [3.8, 4) is 0 Å². The Morgan fingerprint density at radius 3 is 3.17 bits per heavy atom. The number of hydrogen-bond acceptors (Lipinski definition) is 1. The molecule has 0 amide bonds.